The topological polar surface area (TPSA) is 79.7 Å². The van der Waals surface area contributed by atoms with Crippen LogP contribution in [0.2, 0.25) is 20.1 Å². The van der Waals surface area contributed by atoms with Gasteiger partial charge in [-0.15, -0.1) is 0 Å². The average molecular weight is 538 g/mol. The number of aliphatic hydroxyl groups excluding tert-OH is 1. The van der Waals surface area contributed by atoms with Gasteiger partial charge in [0.15, 0.2) is 5.75 Å². The molecule has 174 valence electrons. The minimum Gasteiger partial charge on any atom is -0.507 e. The van der Waals surface area contributed by atoms with E-state index in [0.717, 1.165) is 0 Å². The minimum atomic E-state index is -0.949. The lowest BCUT2D eigenvalue weighted by atomic mass is 9.95. The van der Waals surface area contributed by atoms with Gasteiger partial charge in [0.05, 0.1) is 38.8 Å². The number of halogens is 4. The van der Waals surface area contributed by atoms with E-state index in [0.29, 0.717) is 16.1 Å². The molecule has 0 radical (unpaired) electrons. The number of nitrogens with zero attached hydrogens (tertiary/aromatic N) is 2. The van der Waals surface area contributed by atoms with Crippen LogP contribution in [0.5, 0.6) is 5.75 Å². The predicted molar refractivity (Wildman–Crippen MR) is 132 cm³/mol. The highest BCUT2D eigenvalue weighted by atomic mass is 35.5. The molecule has 34 heavy (non-hydrogen) atoms. The number of likely N-dealkylation sites (tertiary alicyclic amines) is 1. The number of amides is 1. The molecular formula is C24H16Cl4N2O4. The van der Waals surface area contributed by atoms with Gasteiger partial charge in [0.2, 0.25) is 0 Å². The number of ether oxygens (including phenoxy) is 1. The molecular weight excluding hydrogens is 522 g/mol. The zero-order valence-corrected chi connectivity index (χ0v) is 20.6. The molecule has 1 amide bonds. The number of Topliss-reactive ketones (excluding diaryl/α,β-unsaturated/α-hetero) is 1. The van der Waals surface area contributed by atoms with Crippen LogP contribution in [0.25, 0.3) is 5.76 Å². The fourth-order valence-electron chi connectivity index (χ4n) is 3.81. The summed E-state index contributed by atoms with van der Waals surface area (Å²) in [5, 5.41) is 12.0. The van der Waals surface area contributed by atoms with Crippen LogP contribution in [0, 0.1) is 0 Å². The van der Waals surface area contributed by atoms with Crippen LogP contribution in [-0.2, 0) is 16.1 Å². The molecule has 1 atom stereocenters. The number of hydrogen-bond donors (Lipinski definition) is 1. The number of benzene rings is 2. The number of carbonyl (C=O) groups is 2. The Balaban J connectivity index is 1.91. The van der Waals surface area contributed by atoms with Gasteiger partial charge in [-0.2, -0.15) is 0 Å². The van der Waals surface area contributed by atoms with Gasteiger partial charge in [-0.1, -0.05) is 58.5 Å². The van der Waals surface area contributed by atoms with E-state index in [1.165, 1.54) is 24.1 Å². The first-order valence-electron chi connectivity index (χ1n) is 9.88. The Morgan fingerprint density at radius 1 is 1.03 bits per heavy atom. The number of carbonyl (C=O) groups excluding carboxylic acids is 2. The third kappa shape index (κ3) is 4.46. The van der Waals surface area contributed by atoms with Crippen LogP contribution >= 0.6 is 46.4 Å². The van der Waals surface area contributed by atoms with Crippen molar-refractivity contribution in [3.05, 3.63) is 97.2 Å². The van der Waals surface area contributed by atoms with Crippen molar-refractivity contribution in [2.75, 3.05) is 7.11 Å². The third-order valence-corrected chi connectivity index (χ3v) is 6.65. The number of aromatic nitrogens is 1. The Labute approximate surface area is 215 Å². The summed E-state index contributed by atoms with van der Waals surface area (Å²) in [6.07, 6.45) is 3.19. The van der Waals surface area contributed by atoms with Gasteiger partial charge in [-0.3, -0.25) is 14.6 Å². The average Bonchev–Trinajstić information content (AvgIpc) is 3.06. The lowest BCUT2D eigenvalue weighted by molar-refractivity contribution is -0.140. The maximum Gasteiger partial charge on any atom is 0.295 e. The standard InChI is InChI=1S/C24H16Cl4N2O4/c1-34-23-17(27)8-14(9-18(23)28)21(31)19-20(13-4-5-15(25)16(26)7-13)30(24(33)22(19)32)11-12-3-2-6-29-10-12/h2-10,20,31H,11H2,1H3/b21-19+. The van der Waals surface area contributed by atoms with Crippen LogP contribution in [0.15, 0.2) is 60.4 Å². The van der Waals surface area contributed by atoms with Gasteiger partial charge in [0, 0.05) is 24.5 Å². The Hall–Kier alpha value is -2.77. The molecule has 1 fully saturated rings. The van der Waals surface area contributed by atoms with E-state index in [2.05, 4.69) is 4.98 Å². The van der Waals surface area contributed by atoms with Crippen molar-refractivity contribution < 1.29 is 19.4 Å². The number of methoxy groups -OCH3 is 1. The van der Waals surface area contributed by atoms with Crippen molar-refractivity contribution >= 4 is 63.9 Å². The summed E-state index contributed by atoms with van der Waals surface area (Å²) >= 11 is 24.8. The highest BCUT2D eigenvalue weighted by molar-refractivity contribution is 6.47. The normalized spacial score (nSPS) is 17.3. The second-order valence-electron chi connectivity index (χ2n) is 7.43. The Bertz CT molecular complexity index is 1300. The van der Waals surface area contributed by atoms with E-state index in [1.54, 1.807) is 42.7 Å². The molecule has 0 bridgehead atoms. The van der Waals surface area contributed by atoms with E-state index in [4.69, 9.17) is 51.1 Å². The fourth-order valence-corrected chi connectivity index (χ4v) is 4.76. The molecule has 1 unspecified atom stereocenters. The number of hydrogen-bond acceptors (Lipinski definition) is 5. The molecule has 1 aromatic heterocycles. The summed E-state index contributed by atoms with van der Waals surface area (Å²) in [7, 11) is 1.40. The van der Waals surface area contributed by atoms with E-state index in [1.807, 2.05) is 0 Å². The monoisotopic (exact) mass is 536 g/mol. The molecule has 2 heterocycles. The number of ketones is 1. The number of aliphatic hydroxyl groups is 1. The van der Waals surface area contributed by atoms with Crippen molar-refractivity contribution in [3.63, 3.8) is 0 Å². The zero-order valence-electron chi connectivity index (χ0n) is 17.6. The zero-order chi connectivity index (χ0) is 24.6. The van der Waals surface area contributed by atoms with Crippen molar-refractivity contribution in [2.24, 2.45) is 0 Å². The Morgan fingerprint density at radius 3 is 2.32 bits per heavy atom. The van der Waals surface area contributed by atoms with Crippen LogP contribution in [0.3, 0.4) is 0 Å². The van der Waals surface area contributed by atoms with Crippen molar-refractivity contribution in [2.45, 2.75) is 12.6 Å². The molecule has 4 rings (SSSR count). The van der Waals surface area contributed by atoms with Crippen molar-refractivity contribution in [1.29, 1.82) is 0 Å². The smallest absolute Gasteiger partial charge is 0.295 e. The molecule has 1 saturated heterocycles. The lowest BCUT2D eigenvalue weighted by Crippen LogP contribution is -2.29. The number of rotatable bonds is 5. The minimum absolute atomic E-state index is 0.0736. The summed E-state index contributed by atoms with van der Waals surface area (Å²) < 4.78 is 5.15. The quantitative estimate of drug-likeness (QED) is 0.234. The molecule has 0 aliphatic carbocycles. The molecule has 10 heteroatoms. The highest BCUT2D eigenvalue weighted by Gasteiger charge is 2.46. The van der Waals surface area contributed by atoms with Gasteiger partial charge < -0.3 is 14.7 Å². The molecule has 0 saturated carbocycles. The Morgan fingerprint density at radius 2 is 1.74 bits per heavy atom. The highest BCUT2D eigenvalue weighted by Crippen LogP contribution is 2.43. The molecule has 6 nitrogen and oxygen atoms in total. The van der Waals surface area contributed by atoms with Gasteiger partial charge >= 0.3 is 0 Å². The van der Waals surface area contributed by atoms with E-state index >= 15 is 0 Å². The summed E-state index contributed by atoms with van der Waals surface area (Å²) in [5.74, 6) is -1.86. The van der Waals surface area contributed by atoms with Crippen molar-refractivity contribution in [3.8, 4) is 5.75 Å². The molecule has 1 N–H and O–H groups in total. The summed E-state index contributed by atoms with van der Waals surface area (Å²) in [6.45, 7) is 0.0736. The Kier molecular flexibility index (Phi) is 7.05. The predicted octanol–water partition coefficient (Wildman–Crippen LogP) is 6.33. The first-order chi connectivity index (χ1) is 16.2. The van der Waals surface area contributed by atoms with Gasteiger partial charge in [-0.25, -0.2) is 0 Å². The van der Waals surface area contributed by atoms with Gasteiger partial charge in [-0.05, 0) is 41.5 Å². The van der Waals surface area contributed by atoms with Gasteiger partial charge in [0.25, 0.3) is 11.7 Å². The van der Waals surface area contributed by atoms with E-state index < -0.39 is 23.5 Å². The lowest BCUT2D eigenvalue weighted by Gasteiger charge is -2.25. The number of pyridine rings is 1. The first-order valence-corrected chi connectivity index (χ1v) is 11.4. The molecule has 2 aromatic carbocycles. The maximum absolute atomic E-state index is 13.2. The maximum atomic E-state index is 13.2. The second kappa shape index (κ2) is 9.84. The summed E-state index contributed by atoms with van der Waals surface area (Å²) in [4.78, 5) is 31.7. The van der Waals surface area contributed by atoms with Crippen LogP contribution in [0.1, 0.15) is 22.7 Å². The summed E-state index contributed by atoms with van der Waals surface area (Å²) in [5.41, 5.74) is 1.21. The van der Waals surface area contributed by atoms with Crippen molar-refractivity contribution in [1.82, 2.24) is 9.88 Å². The second-order valence-corrected chi connectivity index (χ2v) is 9.06. The molecule has 1 aliphatic rings. The SMILES string of the molecule is COc1c(Cl)cc(/C(O)=C2\C(=O)C(=O)N(Cc3cccnc3)C2c2ccc(Cl)c(Cl)c2)cc1Cl. The first kappa shape index (κ1) is 24.4. The molecule has 0 spiro atoms. The largest absolute Gasteiger partial charge is 0.507 e. The third-order valence-electron chi connectivity index (χ3n) is 5.35. The summed E-state index contributed by atoms with van der Waals surface area (Å²) in [6, 6.07) is 10.1. The van der Waals surface area contributed by atoms with Gasteiger partial charge in [0.1, 0.15) is 5.76 Å². The van der Waals surface area contributed by atoms with Crippen LogP contribution in [0.4, 0.5) is 0 Å². The van der Waals surface area contributed by atoms with E-state index in [9.17, 15) is 14.7 Å². The van der Waals surface area contributed by atoms with Crippen LogP contribution in [-0.4, -0.2) is 33.8 Å². The fraction of sp³-hybridized carbons (Fsp3) is 0.125. The van der Waals surface area contributed by atoms with Crippen LogP contribution < -0.4 is 4.74 Å². The molecule has 3 aromatic rings. The molecule has 1 aliphatic heterocycles. The van der Waals surface area contributed by atoms with E-state index in [-0.39, 0.29) is 38.5 Å².